The molecule has 0 amide bonds. The third kappa shape index (κ3) is 5.70. The van der Waals surface area contributed by atoms with Gasteiger partial charge < -0.3 is 34.8 Å². The van der Waals surface area contributed by atoms with Crippen molar-refractivity contribution in [2.75, 3.05) is 43.9 Å². The minimum absolute atomic E-state index is 0.0584. The molecule has 0 spiro atoms. The van der Waals surface area contributed by atoms with Crippen LogP contribution in [-0.4, -0.2) is 93.6 Å². The van der Waals surface area contributed by atoms with E-state index < -0.39 is 50.9 Å². The maximum Gasteiger partial charge on any atom is 0.437 e. The van der Waals surface area contributed by atoms with E-state index in [9.17, 15) is 19.4 Å². The Kier molecular flexibility index (Phi) is 8.01. The number of imidazole rings is 1. The van der Waals surface area contributed by atoms with Gasteiger partial charge in [0.1, 0.15) is 42.7 Å². The lowest BCUT2D eigenvalue weighted by molar-refractivity contribution is -0.0118. The lowest BCUT2D eigenvalue weighted by Crippen LogP contribution is -2.52. The Hall–Kier alpha value is -2.91. The minimum atomic E-state index is -4.25. The molecule has 2 aliphatic rings. The number of fused-ring (bicyclic) bond motifs is 1. The van der Waals surface area contributed by atoms with Crippen molar-refractivity contribution in [2.45, 2.75) is 24.3 Å². The summed E-state index contributed by atoms with van der Waals surface area (Å²) < 4.78 is 36.2. The predicted octanol–water partition coefficient (Wildman–Crippen LogP) is -0.310. The molecule has 1 aromatic carbocycles. The van der Waals surface area contributed by atoms with Gasteiger partial charge in [-0.1, -0.05) is 11.6 Å². The van der Waals surface area contributed by atoms with Crippen LogP contribution >= 0.6 is 19.3 Å². The molecule has 208 valence electrons. The molecule has 1 saturated heterocycles. The highest BCUT2D eigenvalue weighted by molar-refractivity contribution is 7.51. The standard InChI is InChI=1S/C22H27BClN6O8P/c1-35-18-17(31)15(10-37-39(33,34)30-7-6-26-12-30)38-20(18)23-11-29(16-19(23)27-22(25)28-21(16)32)8-9-36-14-4-2-13(24)3-5-14/h2-7,12,15,17-18,20,31H,8-11H2,1H3,(H,33,34)(H3,25,27,28,32)/t15-,17-,18-,20-/m1/s1. The molecule has 0 radical (unpaired) electrons. The molecule has 5 rings (SSSR count). The van der Waals surface area contributed by atoms with E-state index in [-0.39, 0.29) is 12.6 Å². The van der Waals surface area contributed by atoms with Crippen LogP contribution in [0.4, 0.5) is 11.6 Å². The predicted molar refractivity (Wildman–Crippen MR) is 143 cm³/mol. The molecule has 3 aromatic rings. The van der Waals surface area contributed by atoms with Gasteiger partial charge in [-0.15, -0.1) is 0 Å². The molecule has 0 aliphatic carbocycles. The number of methoxy groups -OCH3 is 1. The average molecular weight is 581 g/mol. The maximum absolute atomic E-state index is 12.9. The van der Waals surface area contributed by atoms with E-state index in [1.807, 2.05) is 4.90 Å². The summed E-state index contributed by atoms with van der Waals surface area (Å²) in [5, 5.41) is 11.5. The third-order valence-corrected chi connectivity index (χ3v) is 8.26. The number of hydrogen-bond donors (Lipinski definition) is 4. The molecule has 2 aliphatic heterocycles. The van der Waals surface area contributed by atoms with E-state index in [1.165, 1.54) is 19.5 Å². The fourth-order valence-corrected chi connectivity index (χ4v) is 5.91. The van der Waals surface area contributed by atoms with Crippen molar-refractivity contribution in [1.29, 1.82) is 0 Å². The number of aromatic nitrogens is 4. The topological polar surface area (TPSA) is 187 Å². The van der Waals surface area contributed by atoms with Gasteiger partial charge in [-0.25, -0.2) is 18.9 Å². The number of nitrogens with zero attached hydrogens (tertiary/aromatic N) is 4. The Balaban J connectivity index is 1.32. The Morgan fingerprint density at radius 2 is 2.13 bits per heavy atom. The Morgan fingerprint density at radius 3 is 2.82 bits per heavy atom. The van der Waals surface area contributed by atoms with Gasteiger partial charge in [0, 0.05) is 36.6 Å². The molecular formula is C22H27BClN6O8P. The van der Waals surface area contributed by atoms with Gasteiger partial charge in [-0.05, 0) is 24.3 Å². The number of nitrogens with one attached hydrogen (secondary N) is 1. The van der Waals surface area contributed by atoms with Gasteiger partial charge in [-0.3, -0.25) is 14.3 Å². The number of hydrogen-bond acceptors (Lipinski definition) is 11. The van der Waals surface area contributed by atoms with Crippen LogP contribution in [0, 0.1) is 0 Å². The maximum atomic E-state index is 12.9. The quantitative estimate of drug-likeness (QED) is 0.181. The first-order chi connectivity index (χ1) is 18.7. The van der Waals surface area contributed by atoms with Gasteiger partial charge in [-0.2, -0.15) is 0 Å². The van der Waals surface area contributed by atoms with Crippen molar-refractivity contribution in [2.24, 2.45) is 0 Å². The van der Waals surface area contributed by atoms with Crippen LogP contribution in [0.3, 0.4) is 0 Å². The van der Waals surface area contributed by atoms with Gasteiger partial charge in [0.2, 0.25) is 0 Å². The second-order valence-electron chi connectivity index (χ2n) is 9.10. The van der Waals surface area contributed by atoms with Crippen LogP contribution in [0.25, 0.3) is 0 Å². The average Bonchev–Trinajstić information content (AvgIpc) is 3.63. The molecule has 14 nitrogen and oxygen atoms in total. The number of aliphatic hydroxyl groups excluding tert-OH is 1. The summed E-state index contributed by atoms with van der Waals surface area (Å²) in [5.41, 5.74) is 6.16. The Bertz CT molecular complexity index is 1400. The largest absolute Gasteiger partial charge is 0.492 e. The molecule has 5 atom stereocenters. The molecule has 0 saturated carbocycles. The SMILES string of the molecule is CO[C@@H]1[C@H](O)[C@@H](COP(=O)(O)n2ccnc2)O[C@H]1B1CN(CCOc2ccc(Cl)cc2)c2c1nc(N)[nH]c2=O. The first-order valence-electron chi connectivity index (χ1n) is 12.0. The Morgan fingerprint density at radius 1 is 1.36 bits per heavy atom. The fraction of sp³-hybridized carbons (Fsp3) is 0.409. The normalized spacial score (nSPS) is 24.1. The smallest absolute Gasteiger partial charge is 0.437 e. The summed E-state index contributed by atoms with van der Waals surface area (Å²) in [4.78, 5) is 35.6. The lowest BCUT2D eigenvalue weighted by Gasteiger charge is -2.23. The van der Waals surface area contributed by atoms with Gasteiger partial charge in [0.05, 0.1) is 19.2 Å². The zero-order valence-electron chi connectivity index (χ0n) is 20.8. The molecule has 4 heterocycles. The third-order valence-electron chi connectivity index (χ3n) is 6.70. The molecule has 2 aromatic heterocycles. The van der Waals surface area contributed by atoms with E-state index in [0.717, 1.165) is 10.7 Å². The molecule has 1 unspecified atom stereocenters. The van der Waals surface area contributed by atoms with Crippen molar-refractivity contribution >= 4 is 43.3 Å². The molecular weight excluding hydrogens is 554 g/mol. The second-order valence-corrected chi connectivity index (χ2v) is 11.2. The van der Waals surface area contributed by atoms with Crippen molar-refractivity contribution in [3.63, 3.8) is 0 Å². The number of nitrogen functional groups attached to an aromatic ring is 1. The molecule has 17 heteroatoms. The minimum Gasteiger partial charge on any atom is -0.492 e. The number of H-pyrrole nitrogens is 1. The number of aliphatic hydroxyl groups is 1. The number of halogens is 1. The lowest BCUT2D eigenvalue weighted by atomic mass is 9.43. The summed E-state index contributed by atoms with van der Waals surface area (Å²) in [7, 11) is -2.83. The van der Waals surface area contributed by atoms with Gasteiger partial charge in [0.15, 0.2) is 5.95 Å². The molecule has 0 bridgehead atoms. The zero-order chi connectivity index (χ0) is 27.7. The highest BCUT2D eigenvalue weighted by Gasteiger charge is 2.53. The molecule has 1 fully saturated rings. The first-order valence-corrected chi connectivity index (χ1v) is 13.9. The number of ether oxygens (including phenoxy) is 3. The highest BCUT2D eigenvalue weighted by Crippen LogP contribution is 2.44. The monoisotopic (exact) mass is 580 g/mol. The van der Waals surface area contributed by atoms with Crippen molar-refractivity contribution in [1.82, 2.24) is 19.3 Å². The van der Waals surface area contributed by atoms with Crippen LogP contribution < -0.4 is 26.5 Å². The van der Waals surface area contributed by atoms with Crippen molar-refractivity contribution < 1.29 is 33.3 Å². The zero-order valence-corrected chi connectivity index (χ0v) is 22.4. The summed E-state index contributed by atoms with van der Waals surface area (Å²) in [5.74, 6) is 0.568. The van der Waals surface area contributed by atoms with Gasteiger partial charge >= 0.3 is 7.75 Å². The van der Waals surface area contributed by atoms with Crippen LogP contribution in [0.5, 0.6) is 5.75 Å². The van der Waals surface area contributed by atoms with E-state index >= 15 is 0 Å². The van der Waals surface area contributed by atoms with Crippen LogP contribution in [0.2, 0.25) is 5.02 Å². The van der Waals surface area contributed by atoms with E-state index in [2.05, 4.69) is 15.0 Å². The number of anilines is 2. The number of benzene rings is 1. The summed E-state index contributed by atoms with van der Waals surface area (Å²) >= 11 is 5.93. The van der Waals surface area contributed by atoms with E-state index in [1.54, 1.807) is 24.3 Å². The summed E-state index contributed by atoms with van der Waals surface area (Å²) in [6.45, 7) is -0.305. The molecule has 39 heavy (non-hydrogen) atoms. The van der Waals surface area contributed by atoms with E-state index in [0.29, 0.717) is 35.0 Å². The first kappa shape index (κ1) is 27.7. The van der Waals surface area contributed by atoms with Crippen LogP contribution in [-0.2, 0) is 18.6 Å². The van der Waals surface area contributed by atoms with Gasteiger partial charge in [0.25, 0.3) is 12.3 Å². The highest BCUT2D eigenvalue weighted by atomic mass is 35.5. The number of nitrogens with two attached hydrogens (primary N) is 1. The summed E-state index contributed by atoms with van der Waals surface area (Å²) in [6.07, 6.45) is 1.08. The fourth-order valence-electron chi connectivity index (χ4n) is 4.89. The number of rotatable bonds is 10. The van der Waals surface area contributed by atoms with Crippen molar-refractivity contribution in [3.05, 3.63) is 58.4 Å². The second kappa shape index (κ2) is 11.3. The summed E-state index contributed by atoms with van der Waals surface area (Å²) in [6, 6.07) is 6.16. The van der Waals surface area contributed by atoms with E-state index in [4.69, 9.17) is 36.1 Å². The van der Waals surface area contributed by atoms with Crippen LogP contribution in [0.15, 0.2) is 47.8 Å². The molecule has 5 N–H and O–H groups in total. The van der Waals surface area contributed by atoms with Crippen LogP contribution in [0.1, 0.15) is 0 Å². The Labute approximate surface area is 228 Å². The van der Waals surface area contributed by atoms with Crippen molar-refractivity contribution in [3.8, 4) is 5.75 Å². The number of aromatic amines is 1.